The SMILES string of the molecule is CC(C)(C)CCNCNC=O. The van der Waals surface area contributed by atoms with E-state index in [4.69, 9.17) is 0 Å². The Hall–Kier alpha value is -0.570. The monoisotopic (exact) mass is 158 g/mol. The van der Waals surface area contributed by atoms with Gasteiger partial charge in [-0.25, -0.2) is 0 Å². The second-order valence-electron chi connectivity index (χ2n) is 3.81. The third-order valence-electron chi connectivity index (χ3n) is 1.36. The fourth-order valence-electron chi connectivity index (χ4n) is 0.666. The van der Waals surface area contributed by atoms with Gasteiger partial charge in [0.05, 0.1) is 6.67 Å². The van der Waals surface area contributed by atoms with Crippen molar-refractivity contribution in [1.82, 2.24) is 10.6 Å². The molecule has 0 aliphatic rings. The van der Waals surface area contributed by atoms with Crippen LogP contribution in [0.25, 0.3) is 0 Å². The Morgan fingerprint density at radius 3 is 2.45 bits per heavy atom. The Morgan fingerprint density at radius 1 is 1.36 bits per heavy atom. The van der Waals surface area contributed by atoms with E-state index in [1.165, 1.54) is 0 Å². The summed E-state index contributed by atoms with van der Waals surface area (Å²) in [6.45, 7) is 8.11. The quantitative estimate of drug-likeness (QED) is 0.351. The van der Waals surface area contributed by atoms with Crippen LogP contribution in [0, 0.1) is 5.41 Å². The number of hydrogen-bond donors (Lipinski definition) is 2. The molecule has 3 heteroatoms. The van der Waals surface area contributed by atoms with Crippen LogP contribution in [0.1, 0.15) is 27.2 Å². The number of carbonyl (C=O) groups is 1. The number of amides is 1. The molecule has 0 aromatic heterocycles. The van der Waals surface area contributed by atoms with E-state index in [1.807, 2.05) is 0 Å². The molecule has 0 aromatic carbocycles. The first-order chi connectivity index (χ1) is 5.06. The molecule has 0 unspecified atom stereocenters. The zero-order valence-corrected chi connectivity index (χ0v) is 7.61. The molecular weight excluding hydrogens is 140 g/mol. The van der Waals surface area contributed by atoms with Crippen LogP contribution in [-0.2, 0) is 4.79 Å². The summed E-state index contributed by atoms with van der Waals surface area (Å²) in [5.41, 5.74) is 0.369. The second kappa shape index (κ2) is 5.13. The molecule has 0 saturated carbocycles. The highest BCUT2D eigenvalue weighted by Gasteiger charge is 2.07. The molecule has 0 heterocycles. The second-order valence-corrected chi connectivity index (χ2v) is 3.81. The number of rotatable bonds is 5. The molecule has 2 N–H and O–H groups in total. The maximum atomic E-state index is 9.81. The van der Waals surface area contributed by atoms with Gasteiger partial charge in [-0.1, -0.05) is 20.8 Å². The summed E-state index contributed by atoms with van der Waals surface area (Å²) in [6.07, 6.45) is 1.82. The van der Waals surface area contributed by atoms with Gasteiger partial charge in [-0.15, -0.1) is 0 Å². The highest BCUT2D eigenvalue weighted by Crippen LogP contribution is 2.16. The average Bonchev–Trinajstić information content (AvgIpc) is 1.85. The Bertz CT molecular complexity index is 107. The first-order valence-corrected chi connectivity index (χ1v) is 3.94. The minimum Gasteiger partial charge on any atom is -0.346 e. The lowest BCUT2D eigenvalue weighted by Gasteiger charge is -2.17. The van der Waals surface area contributed by atoms with Crippen molar-refractivity contribution in [2.75, 3.05) is 13.2 Å². The minimum atomic E-state index is 0.369. The van der Waals surface area contributed by atoms with E-state index in [2.05, 4.69) is 31.4 Å². The Morgan fingerprint density at radius 2 is 2.00 bits per heavy atom. The fourth-order valence-corrected chi connectivity index (χ4v) is 0.666. The summed E-state index contributed by atoms with van der Waals surface area (Å²) in [5.74, 6) is 0. The topological polar surface area (TPSA) is 41.1 Å². The number of carbonyl (C=O) groups excluding carboxylic acids is 1. The van der Waals surface area contributed by atoms with Crippen LogP contribution < -0.4 is 10.6 Å². The van der Waals surface area contributed by atoms with Gasteiger partial charge in [-0.2, -0.15) is 0 Å². The van der Waals surface area contributed by atoms with Gasteiger partial charge in [0.15, 0.2) is 0 Å². The smallest absolute Gasteiger partial charge is 0.208 e. The van der Waals surface area contributed by atoms with Crippen molar-refractivity contribution in [1.29, 1.82) is 0 Å². The maximum Gasteiger partial charge on any atom is 0.208 e. The first-order valence-electron chi connectivity index (χ1n) is 3.94. The van der Waals surface area contributed by atoms with E-state index < -0.39 is 0 Å². The molecule has 0 radical (unpaired) electrons. The van der Waals surface area contributed by atoms with E-state index in [0.29, 0.717) is 18.5 Å². The van der Waals surface area contributed by atoms with Crippen molar-refractivity contribution in [3.8, 4) is 0 Å². The Balaban J connectivity index is 3.08. The summed E-state index contributed by atoms with van der Waals surface area (Å²) in [6, 6.07) is 0. The Labute approximate surface area is 68.6 Å². The molecule has 0 fully saturated rings. The minimum absolute atomic E-state index is 0.369. The predicted octanol–water partition coefficient (Wildman–Crippen LogP) is 0.716. The maximum absolute atomic E-state index is 9.81. The van der Waals surface area contributed by atoms with Gasteiger partial charge in [0.1, 0.15) is 0 Å². The highest BCUT2D eigenvalue weighted by atomic mass is 16.1. The summed E-state index contributed by atoms with van der Waals surface area (Å²) >= 11 is 0. The van der Waals surface area contributed by atoms with E-state index in [-0.39, 0.29) is 0 Å². The molecule has 0 aromatic rings. The molecule has 0 bridgehead atoms. The molecule has 1 amide bonds. The van der Waals surface area contributed by atoms with Crippen molar-refractivity contribution < 1.29 is 4.79 Å². The molecule has 11 heavy (non-hydrogen) atoms. The van der Waals surface area contributed by atoms with Crippen LogP contribution >= 0.6 is 0 Å². The van der Waals surface area contributed by atoms with Crippen LogP contribution in [0.5, 0.6) is 0 Å². The van der Waals surface area contributed by atoms with Crippen LogP contribution in [-0.4, -0.2) is 19.6 Å². The van der Waals surface area contributed by atoms with E-state index in [0.717, 1.165) is 13.0 Å². The molecule has 0 saturated heterocycles. The highest BCUT2D eigenvalue weighted by molar-refractivity contribution is 5.45. The molecular formula is C8H18N2O. The van der Waals surface area contributed by atoms with Crippen molar-refractivity contribution >= 4 is 6.41 Å². The van der Waals surface area contributed by atoms with Crippen molar-refractivity contribution in [2.24, 2.45) is 5.41 Å². The van der Waals surface area contributed by atoms with Gasteiger partial charge in [0.2, 0.25) is 6.41 Å². The lowest BCUT2D eigenvalue weighted by molar-refractivity contribution is -0.109. The molecule has 0 spiro atoms. The van der Waals surface area contributed by atoms with Crippen LogP contribution in [0.2, 0.25) is 0 Å². The van der Waals surface area contributed by atoms with Gasteiger partial charge in [0, 0.05) is 0 Å². The molecule has 0 aliphatic carbocycles. The summed E-state index contributed by atoms with van der Waals surface area (Å²) in [7, 11) is 0. The van der Waals surface area contributed by atoms with Crippen molar-refractivity contribution in [2.45, 2.75) is 27.2 Å². The standard InChI is InChI=1S/C8H18N2O/c1-8(2,3)4-5-9-6-10-7-11/h7,9H,4-6H2,1-3H3,(H,10,11). The van der Waals surface area contributed by atoms with Gasteiger partial charge in [-0.05, 0) is 18.4 Å². The predicted molar refractivity (Wildman–Crippen MR) is 46.1 cm³/mol. The van der Waals surface area contributed by atoms with E-state index >= 15 is 0 Å². The van der Waals surface area contributed by atoms with Gasteiger partial charge in [0.25, 0.3) is 0 Å². The summed E-state index contributed by atoms with van der Waals surface area (Å²) in [5, 5.41) is 5.64. The third-order valence-corrected chi connectivity index (χ3v) is 1.36. The number of hydrogen-bond acceptors (Lipinski definition) is 2. The molecule has 0 atom stereocenters. The lowest BCUT2D eigenvalue weighted by Crippen LogP contribution is -2.30. The van der Waals surface area contributed by atoms with Crippen LogP contribution in [0.3, 0.4) is 0 Å². The molecule has 66 valence electrons. The zero-order chi connectivity index (χ0) is 8.74. The number of nitrogens with one attached hydrogen (secondary N) is 2. The van der Waals surface area contributed by atoms with Gasteiger partial charge < -0.3 is 5.32 Å². The average molecular weight is 158 g/mol. The lowest BCUT2D eigenvalue weighted by atomic mass is 9.92. The molecule has 3 nitrogen and oxygen atoms in total. The van der Waals surface area contributed by atoms with Crippen LogP contribution in [0.4, 0.5) is 0 Å². The zero-order valence-electron chi connectivity index (χ0n) is 7.61. The third kappa shape index (κ3) is 9.43. The normalized spacial score (nSPS) is 11.2. The van der Waals surface area contributed by atoms with E-state index in [9.17, 15) is 4.79 Å². The van der Waals surface area contributed by atoms with Crippen molar-refractivity contribution in [3.05, 3.63) is 0 Å². The molecule has 0 aliphatic heterocycles. The first kappa shape index (κ1) is 10.4. The van der Waals surface area contributed by atoms with Crippen molar-refractivity contribution in [3.63, 3.8) is 0 Å². The Kier molecular flexibility index (Phi) is 4.86. The summed E-state index contributed by atoms with van der Waals surface area (Å²) < 4.78 is 0. The fraction of sp³-hybridized carbons (Fsp3) is 0.875. The van der Waals surface area contributed by atoms with Gasteiger partial charge in [-0.3, -0.25) is 10.1 Å². The largest absolute Gasteiger partial charge is 0.346 e. The molecule has 0 rings (SSSR count). The van der Waals surface area contributed by atoms with Crippen LogP contribution in [0.15, 0.2) is 0 Å². The van der Waals surface area contributed by atoms with Gasteiger partial charge >= 0.3 is 0 Å². The van der Waals surface area contributed by atoms with E-state index in [1.54, 1.807) is 0 Å². The summed E-state index contributed by atoms with van der Waals surface area (Å²) in [4.78, 5) is 9.81.